The molecule has 0 bridgehead atoms. The molecule has 0 amide bonds. The molecule has 0 aromatic carbocycles. The molecule has 3 rings (SSSR count). The number of rotatable bonds is 2. The normalized spacial score (nSPS) is 35.9. The predicted molar refractivity (Wildman–Crippen MR) is 57.5 cm³/mol. The summed E-state index contributed by atoms with van der Waals surface area (Å²) in [6.45, 7) is 0. The Morgan fingerprint density at radius 1 is 0.929 bits per heavy atom. The molecule has 8 radical (unpaired) electrons. The Balaban J connectivity index is 1.91. The minimum absolute atomic E-state index is 0.113. The molecular weight excluding hydrogens is 167 g/mol. The van der Waals surface area contributed by atoms with E-state index in [-0.39, 0.29) is 5.92 Å². The SMILES string of the molecule is [B]C([B])(O)C([B])([B])C1C2(CC2)C12CC2. The van der Waals surface area contributed by atoms with Crippen LogP contribution in [0.5, 0.6) is 0 Å². The fourth-order valence-corrected chi connectivity index (χ4v) is 3.73. The number of fused-ring (bicyclic) bond motifs is 1. The van der Waals surface area contributed by atoms with E-state index in [0.29, 0.717) is 10.8 Å². The van der Waals surface area contributed by atoms with Gasteiger partial charge in [0.15, 0.2) is 0 Å². The van der Waals surface area contributed by atoms with Crippen LogP contribution in [0.25, 0.3) is 0 Å². The van der Waals surface area contributed by atoms with E-state index in [1.165, 1.54) is 25.7 Å². The van der Waals surface area contributed by atoms with E-state index in [2.05, 4.69) is 0 Å². The maximum Gasteiger partial charge on any atom is 0.0977 e. The zero-order valence-electron chi connectivity index (χ0n) is 8.16. The first-order chi connectivity index (χ1) is 6.28. The molecule has 3 aliphatic carbocycles. The first-order valence-corrected chi connectivity index (χ1v) is 5.16. The van der Waals surface area contributed by atoms with Gasteiger partial charge in [-0.05, 0) is 47.8 Å². The van der Waals surface area contributed by atoms with E-state index >= 15 is 0 Å². The van der Waals surface area contributed by atoms with Gasteiger partial charge >= 0.3 is 0 Å². The van der Waals surface area contributed by atoms with Crippen molar-refractivity contribution in [3.8, 4) is 0 Å². The average Bonchev–Trinajstić information content (AvgIpc) is 2.79. The lowest BCUT2D eigenvalue weighted by molar-refractivity contribution is 0.173. The average molecular weight is 177 g/mol. The second-order valence-electron chi connectivity index (χ2n) is 5.50. The summed E-state index contributed by atoms with van der Waals surface area (Å²) in [5.41, 5.74) is 0.590. The summed E-state index contributed by atoms with van der Waals surface area (Å²) in [5, 5.41) is 6.26. The zero-order valence-corrected chi connectivity index (χ0v) is 8.16. The lowest BCUT2D eigenvalue weighted by Gasteiger charge is -2.41. The van der Waals surface area contributed by atoms with Crippen molar-refractivity contribution in [2.45, 2.75) is 36.3 Å². The Morgan fingerprint density at radius 3 is 1.50 bits per heavy atom. The van der Waals surface area contributed by atoms with Gasteiger partial charge in [0.1, 0.15) is 0 Å². The highest BCUT2D eigenvalue weighted by atomic mass is 16.3. The third kappa shape index (κ3) is 0.787. The van der Waals surface area contributed by atoms with Crippen molar-refractivity contribution in [1.82, 2.24) is 0 Å². The van der Waals surface area contributed by atoms with Crippen molar-refractivity contribution in [3.05, 3.63) is 0 Å². The zero-order chi connectivity index (χ0) is 10.4. The highest BCUT2D eigenvalue weighted by Crippen LogP contribution is 2.96. The number of hydrogen-bond acceptors (Lipinski definition) is 1. The monoisotopic (exact) mass is 178 g/mol. The van der Waals surface area contributed by atoms with Gasteiger partial charge in [-0.25, -0.2) is 0 Å². The summed E-state index contributed by atoms with van der Waals surface area (Å²) in [7, 11) is 22.7. The Bertz CT molecular complexity index is 280. The smallest absolute Gasteiger partial charge is 0.0977 e. The predicted octanol–water partition coefficient (Wildman–Crippen LogP) is -0.387. The van der Waals surface area contributed by atoms with Gasteiger partial charge in [-0.2, -0.15) is 0 Å². The van der Waals surface area contributed by atoms with E-state index in [0.717, 1.165) is 0 Å². The fraction of sp³-hybridized carbons (Fsp3) is 1.00. The lowest BCUT2D eigenvalue weighted by atomic mass is 9.33. The molecule has 0 aromatic heterocycles. The molecule has 1 N–H and O–H groups in total. The van der Waals surface area contributed by atoms with E-state index in [1.54, 1.807) is 0 Å². The van der Waals surface area contributed by atoms with Crippen LogP contribution in [0.15, 0.2) is 0 Å². The van der Waals surface area contributed by atoms with Gasteiger partial charge in [0, 0.05) is 0 Å². The van der Waals surface area contributed by atoms with E-state index in [1.807, 2.05) is 0 Å². The maximum absolute atomic E-state index is 9.58. The molecular formula is C9H10B4O. The van der Waals surface area contributed by atoms with Crippen LogP contribution in [-0.4, -0.2) is 41.9 Å². The van der Waals surface area contributed by atoms with Gasteiger partial charge in [0.2, 0.25) is 0 Å². The summed E-state index contributed by atoms with van der Waals surface area (Å²) in [6, 6.07) is 0. The molecule has 3 saturated carbocycles. The summed E-state index contributed by atoms with van der Waals surface area (Å²) in [5.74, 6) is 0.113. The summed E-state index contributed by atoms with van der Waals surface area (Å²) < 4.78 is 0. The minimum Gasteiger partial charge on any atom is -0.410 e. The molecule has 0 atom stereocenters. The van der Waals surface area contributed by atoms with Crippen LogP contribution in [0.3, 0.4) is 0 Å². The van der Waals surface area contributed by atoms with Crippen molar-refractivity contribution >= 4 is 31.4 Å². The molecule has 0 unspecified atom stereocenters. The summed E-state index contributed by atoms with van der Waals surface area (Å²) >= 11 is 0. The first-order valence-electron chi connectivity index (χ1n) is 5.16. The minimum atomic E-state index is -1.97. The van der Waals surface area contributed by atoms with Gasteiger partial charge < -0.3 is 5.11 Å². The molecule has 5 heteroatoms. The Hall–Kier alpha value is 0.220. The van der Waals surface area contributed by atoms with Crippen LogP contribution in [-0.2, 0) is 0 Å². The Labute approximate surface area is 90.0 Å². The van der Waals surface area contributed by atoms with Crippen LogP contribution in [0.2, 0.25) is 5.21 Å². The van der Waals surface area contributed by atoms with Crippen molar-refractivity contribution in [2.75, 3.05) is 0 Å². The van der Waals surface area contributed by atoms with Gasteiger partial charge in [-0.15, -0.1) is 0 Å². The van der Waals surface area contributed by atoms with Crippen molar-refractivity contribution in [3.63, 3.8) is 0 Å². The molecule has 0 aromatic rings. The largest absolute Gasteiger partial charge is 0.410 e. The second-order valence-corrected chi connectivity index (χ2v) is 5.50. The number of hydrogen-bond donors (Lipinski definition) is 1. The van der Waals surface area contributed by atoms with Gasteiger partial charge in [0.05, 0.1) is 31.4 Å². The van der Waals surface area contributed by atoms with Crippen molar-refractivity contribution < 1.29 is 5.11 Å². The van der Waals surface area contributed by atoms with Crippen LogP contribution in [0.1, 0.15) is 25.7 Å². The molecule has 0 heterocycles. The van der Waals surface area contributed by atoms with Crippen molar-refractivity contribution in [1.29, 1.82) is 0 Å². The molecule has 64 valence electrons. The summed E-state index contributed by atoms with van der Waals surface area (Å²) in [6.07, 6.45) is 4.68. The molecule has 3 fully saturated rings. The molecule has 0 aliphatic heterocycles. The molecule has 0 saturated heterocycles. The van der Waals surface area contributed by atoms with E-state index < -0.39 is 10.6 Å². The third-order valence-electron chi connectivity index (χ3n) is 4.76. The molecule has 1 nitrogen and oxygen atoms in total. The molecule has 14 heavy (non-hydrogen) atoms. The Morgan fingerprint density at radius 2 is 1.29 bits per heavy atom. The van der Waals surface area contributed by atoms with E-state index in [9.17, 15) is 5.11 Å². The highest BCUT2D eigenvalue weighted by molar-refractivity contribution is 6.54. The highest BCUT2D eigenvalue weighted by Gasteiger charge is 2.88. The first kappa shape index (κ1) is 9.45. The Kier molecular flexibility index (Phi) is 1.37. The van der Waals surface area contributed by atoms with Crippen LogP contribution >= 0.6 is 0 Å². The van der Waals surface area contributed by atoms with Gasteiger partial charge in [-0.1, -0.05) is 5.21 Å². The summed E-state index contributed by atoms with van der Waals surface area (Å²) in [4.78, 5) is 0. The topological polar surface area (TPSA) is 20.2 Å². The second kappa shape index (κ2) is 2.03. The maximum atomic E-state index is 9.58. The van der Waals surface area contributed by atoms with Gasteiger partial charge in [0.25, 0.3) is 0 Å². The molecule has 3 aliphatic rings. The van der Waals surface area contributed by atoms with Crippen LogP contribution in [0.4, 0.5) is 0 Å². The standard InChI is InChI=1S/C9H10B4O/c10-8(11,9(12,13)14)5-6(1-2-6)7(5)3-4-7/h5,14H,1-4H2. The fourth-order valence-electron chi connectivity index (χ4n) is 3.73. The quantitative estimate of drug-likeness (QED) is 0.570. The van der Waals surface area contributed by atoms with Crippen LogP contribution < -0.4 is 0 Å². The van der Waals surface area contributed by atoms with Crippen LogP contribution in [0, 0.1) is 16.7 Å². The lowest BCUT2D eigenvalue weighted by Crippen LogP contribution is -2.47. The molecule has 2 spiro atoms. The van der Waals surface area contributed by atoms with Gasteiger partial charge in [-0.3, -0.25) is 0 Å². The van der Waals surface area contributed by atoms with E-state index in [4.69, 9.17) is 31.4 Å². The van der Waals surface area contributed by atoms with Crippen molar-refractivity contribution in [2.24, 2.45) is 16.7 Å². The number of aliphatic hydroxyl groups is 1. The third-order valence-corrected chi connectivity index (χ3v) is 4.76.